The SMILES string of the molecule is CN(Cc1ccccn1)S(=O)(=O)CCO. The van der Waals surface area contributed by atoms with Crippen LogP contribution in [0.3, 0.4) is 0 Å². The summed E-state index contributed by atoms with van der Waals surface area (Å²) in [6.07, 6.45) is 1.61. The summed E-state index contributed by atoms with van der Waals surface area (Å²) in [5.41, 5.74) is 0.682. The smallest absolute Gasteiger partial charge is 0.216 e. The summed E-state index contributed by atoms with van der Waals surface area (Å²) in [5, 5.41) is 8.60. The first-order valence-electron chi connectivity index (χ1n) is 4.51. The molecular formula is C9H14N2O3S. The maximum absolute atomic E-state index is 11.5. The van der Waals surface area contributed by atoms with Crippen LogP contribution in [0.1, 0.15) is 5.69 Å². The highest BCUT2D eigenvalue weighted by Crippen LogP contribution is 2.04. The molecule has 0 bridgehead atoms. The molecule has 1 aromatic heterocycles. The van der Waals surface area contributed by atoms with E-state index in [-0.39, 0.29) is 18.9 Å². The van der Waals surface area contributed by atoms with Crippen LogP contribution in [0, 0.1) is 0 Å². The molecule has 1 aromatic rings. The number of nitrogens with zero attached hydrogens (tertiary/aromatic N) is 2. The van der Waals surface area contributed by atoms with Crippen molar-refractivity contribution in [3.05, 3.63) is 30.1 Å². The van der Waals surface area contributed by atoms with E-state index in [0.29, 0.717) is 5.69 Å². The van der Waals surface area contributed by atoms with E-state index in [1.807, 2.05) is 0 Å². The summed E-state index contributed by atoms with van der Waals surface area (Å²) >= 11 is 0. The summed E-state index contributed by atoms with van der Waals surface area (Å²) < 4.78 is 24.1. The van der Waals surface area contributed by atoms with Crippen LogP contribution in [-0.2, 0) is 16.6 Å². The zero-order valence-electron chi connectivity index (χ0n) is 8.50. The van der Waals surface area contributed by atoms with Gasteiger partial charge in [0.2, 0.25) is 10.0 Å². The Kier molecular flexibility index (Phi) is 4.19. The summed E-state index contributed by atoms with van der Waals surface area (Å²) in [4.78, 5) is 4.02. The number of aliphatic hydroxyl groups excluding tert-OH is 1. The molecule has 0 spiro atoms. The standard InChI is InChI=1S/C9H14N2O3S/c1-11(15(13,14)7-6-12)8-9-4-2-3-5-10-9/h2-5,12H,6-8H2,1H3. The molecule has 0 atom stereocenters. The third-order valence-electron chi connectivity index (χ3n) is 1.93. The molecule has 0 unspecified atom stereocenters. The number of pyridine rings is 1. The molecule has 0 aliphatic rings. The Morgan fingerprint density at radius 1 is 1.47 bits per heavy atom. The van der Waals surface area contributed by atoms with Gasteiger partial charge in [0.15, 0.2) is 0 Å². The molecule has 1 rings (SSSR count). The molecule has 0 fully saturated rings. The summed E-state index contributed by atoms with van der Waals surface area (Å²) in [6, 6.07) is 5.32. The van der Waals surface area contributed by atoms with Crippen molar-refractivity contribution in [3.63, 3.8) is 0 Å². The first-order chi connectivity index (χ1) is 7.06. The second kappa shape index (κ2) is 5.20. The normalized spacial score (nSPS) is 11.9. The van der Waals surface area contributed by atoms with Crippen molar-refractivity contribution in [1.82, 2.24) is 9.29 Å². The van der Waals surface area contributed by atoms with Crippen molar-refractivity contribution in [2.75, 3.05) is 19.4 Å². The van der Waals surface area contributed by atoms with Crippen LogP contribution in [0.25, 0.3) is 0 Å². The number of hydrogen-bond acceptors (Lipinski definition) is 4. The van der Waals surface area contributed by atoms with Crippen LogP contribution in [0.4, 0.5) is 0 Å². The Balaban J connectivity index is 2.68. The van der Waals surface area contributed by atoms with E-state index in [0.717, 1.165) is 0 Å². The maximum atomic E-state index is 11.5. The second-order valence-corrected chi connectivity index (χ2v) is 5.31. The predicted octanol–water partition coefficient (Wildman–Crippen LogP) is -0.165. The van der Waals surface area contributed by atoms with Gasteiger partial charge in [-0.3, -0.25) is 4.98 Å². The number of aliphatic hydroxyl groups is 1. The van der Waals surface area contributed by atoms with Gasteiger partial charge in [0.1, 0.15) is 0 Å². The lowest BCUT2D eigenvalue weighted by Crippen LogP contribution is -2.30. The fourth-order valence-electron chi connectivity index (χ4n) is 1.09. The van der Waals surface area contributed by atoms with Crippen molar-refractivity contribution in [3.8, 4) is 0 Å². The van der Waals surface area contributed by atoms with E-state index in [1.54, 1.807) is 24.4 Å². The Bertz CT molecular complexity index is 391. The zero-order valence-corrected chi connectivity index (χ0v) is 9.31. The van der Waals surface area contributed by atoms with Crippen LogP contribution >= 0.6 is 0 Å². The lowest BCUT2D eigenvalue weighted by molar-refractivity contribution is 0.315. The summed E-state index contributed by atoms with van der Waals surface area (Å²) in [6.45, 7) is -0.141. The number of rotatable bonds is 5. The van der Waals surface area contributed by atoms with Crippen LogP contribution in [-0.4, -0.2) is 42.2 Å². The number of sulfonamides is 1. The molecule has 0 aliphatic heterocycles. The maximum Gasteiger partial charge on any atom is 0.216 e. The number of aromatic nitrogens is 1. The van der Waals surface area contributed by atoms with Gasteiger partial charge in [-0.1, -0.05) is 6.07 Å². The minimum atomic E-state index is -3.37. The topological polar surface area (TPSA) is 70.5 Å². The van der Waals surface area contributed by atoms with Crippen LogP contribution in [0.5, 0.6) is 0 Å². The predicted molar refractivity (Wildman–Crippen MR) is 56.6 cm³/mol. The number of hydrogen-bond donors (Lipinski definition) is 1. The van der Waals surface area contributed by atoms with Gasteiger partial charge < -0.3 is 5.11 Å². The van der Waals surface area contributed by atoms with Crippen molar-refractivity contribution in [2.24, 2.45) is 0 Å². The molecular weight excluding hydrogens is 216 g/mol. The quantitative estimate of drug-likeness (QED) is 0.762. The van der Waals surface area contributed by atoms with Crippen LogP contribution in [0.2, 0.25) is 0 Å². The lowest BCUT2D eigenvalue weighted by Gasteiger charge is -2.15. The molecule has 15 heavy (non-hydrogen) atoms. The van der Waals surface area contributed by atoms with Gasteiger partial charge >= 0.3 is 0 Å². The fourth-order valence-corrected chi connectivity index (χ4v) is 1.96. The molecule has 5 nitrogen and oxygen atoms in total. The molecule has 0 aliphatic carbocycles. The average molecular weight is 230 g/mol. The Morgan fingerprint density at radius 3 is 2.73 bits per heavy atom. The van der Waals surface area contributed by atoms with Crippen molar-refractivity contribution >= 4 is 10.0 Å². The van der Waals surface area contributed by atoms with Gasteiger partial charge in [-0.2, -0.15) is 4.31 Å². The van der Waals surface area contributed by atoms with Gasteiger partial charge in [-0.05, 0) is 12.1 Å². The van der Waals surface area contributed by atoms with E-state index >= 15 is 0 Å². The van der Waals surface area contributed by atoms with Crippen molar-refractivity contribution in [2.45, 2.75) is 6.54 Å². The highest BCUT2D eigenvalue weighted by molar-refractivity contribution is 7.89. The molecule has 0 amide bonds. The van der Waals surface area contributed by atoms with Gasteiger partial charge in [-0.15, -0.1) is 0 Å². The van der Waals surface area contributed by atoms with E-state index in [9.17, 15) is 8.42 Å². The van der Waals surface area contributed by atoms with Crippen LogP contribution in [0.15, 0.2) is 24.4 Å². The zero-order chi connectivity index (χ0) is 11.3. The van der Waals surface area contributed by atoms with E-state index in [1.165, 1.54) is 11.4 Å². The highest BCUT2D eigenvalue weighted by Gasteiger charge is 2.17. The highest BCUT2D eigenvalue weighted by atomic mass is 32.2. The fraction of sp³-hybridized carbons (Fsp3) is 0.444. The second-order valence-electron chi connectivity index (χ2n) is 3.12. The Labute approximate surface area is 89.4 Å². The first kappa shape index (κ1) is 12.1. The molecule has 0 aromatic carbocycles. The van der Waals surface area contributed by atoms with Gasteiger partial charge in [0.05, 0.1) is 24.6 Å². The minimum Gasteiger partial charge on any atom is -0.395 e. The van der Waals surface area contributed by atoms with Crippen molar-refractivity contribution in [1.29, 1.82) is 0 Å². The molecule has 0 saturated heterocycles. The largest absolute Gasteiger partial charge is 0.395 e. The third kappa shape index (κ3) is 3.58. The molecule has 0 radical (unpaired) electrons. The monoisotopic (exact) mass is 230 g/mol. The average Bonchev–Trinajstić information content (AvgIpc) is 2.19. The van der Waals surface area contributed by atoms with Crippen molar-refractivity contribution < 1.29 is 13.5 Å². The third-order valence-corrected chi connectivity index (χ3v) is 3.71. The van der Waals surface area contributed by atoms with E-state index in [2.05, 4.69) is 4.98 Å². The summed E-state index contributed by atoms with van der Waals surface area (Å²) in [7, 11) is -1.89. The Hall–Kier alpha value is -0.980. The van der Waals surface area contributed by atoms with E-state index in [4.69, 9.17) is 5.11 Å². The van der Waals surface area contributed by atoms with Gasteiger partial charge in [0, 0.05) is 13.2 Å². The minimum absolute atomic E-state index is 0.225. The van der Waals surface area contributed by atoms with E-state index < -0.39 is 10.0 Å². The Morgan fingerprint density at radius 2 is 2.20 bits per heavy atom. The summed E-state index contributed by atoms with van der Waals surface area (Å²) in [5.74, 6) is -0.254. The van der Waals surface area contributed by atoms with Gasteiger partial charge in [0.25, 0.3) is 0 Å². The molecule has 1 N–H and O–H groups in total. The molecule has 0 saturated carbocycles. The molecule has 84 valence electrons. The molecule has 1 heterocycles. The lowest BCUT2D eigenvalue weighted by atomic mass is 10.3. The molecule has 6 heteroatoms. The van der Waals surface area contributed by atoms with Crippen LogP contribution < -0.4 is 0 Å². The first-order valence-corrected chi connectivity index (χ1v) is 6.12. The van der Waals surface area contributed by atoms with Gasteiger partial charge in [-0.25, -0.2) is 8.42 Å².